The van der Waals surface area contributed by atoms with Gasteiger partial charge in [0.25, 0.3) is 0 Å². The Kier molecular flexibility index (Phi) is 2.62. The van der Waals surface area contributed by atoms with Crippen molar-refractivity contribution in [1.29, 1.82) is 0 Å². The van der Waals surface area contributed by atoms with Crippen molar-refractivity contribution in [3.63, 3.8) is 0 Å². The van der Waals surface area contributed by atoms with Gasteiger partial charge in [-0.25, -0.2) is 0 Å². The van der Waals surface area contributed by atoms with Gasteiger partial charge in [-0.3, -0.25) is 0 Å². The maximum absolute atomic E-state index is 10.0. The Labute approximate surface area is 84.3 Å². The van der Waals surface area contributed by atoms with Gasteiger partial charge < -0.3 is 13.9 Å². The molecule has 1 N–H and O–H groups in total. The van der Waals surface area contributed by atoms with E-state index in [0.29, 0.717) is 17.7 Å². The lowest BCUT2D eigenvalue weighted by atomic mass is 10.3. The molecule has 1 aromatic carbocycles. The third-order valence-electron chi connectivity index (χ3n) is 2.13. The Bertz CT molecular complexity index is 302. The predicted octanol–water partition coefficient (Wildman–Crippen LogP) is 3.01. The minimum absolute atomic E-state index is 0.609. The molecule has 0 aromatic heterocycles. The largest absolute Gasteiger partial charge is 0.422 e. The highest BCUT2D eigenvalue weighted by Crippen LogP contribution is 2.64. The molecule has 0 saturated carbocycles. The molecule has 1 heterocycles. The van der Waals surface area contributed by atoms with Gasteiger partial charge in [0, 0.05) is 0 Å². The molecule has 1 radical (unpaired) electrons. The van der Waals surface area contributed by atoms with Crippen molar-refractivity contribution in [3.05, 3.63) is 24.3 Å². The zero-order valence-corrected chi connectivity index (χ0v) is 9.04. The molecule has 0 amide bonds. The molecule has 0 spiro atoms. The maximum atomic E-state index is 10.0. The monoisotopic (exact) mass is 213 g/mol. The van der Waals surface area contributed by atoms with Crippen LogP contribution in [-0.4, -0.2) is 11.1 Å². The number of hydrogen-bond acceptors (Lipinski definition) is 3. The highest BCUT2D eigenvalue weighted by molar-refractivity contribution is 7.61. The van der Waals surface area contributed by atoms with E-state index in [9.17, 15) is 4.89 Å². The molecule has 77 valence electrons. The molecule has 0 saturated heterocycles. The Morgan fingerprint density at radius 2 is 1.79 bits per heavy atom. The van der Waals surface area contributed by atoms with Crippen LogP contribution >= 0.6 is 7.94 Å². The Morgan fingerprint density at radius 1 is 1.21 bits per heavy atom. The van der Waals surface area contributed by atoms with E-state index in [1.165, 1.54) is 0 Å². The standard InChI is InChI=1S/C10H14O3P/c1-2-3-8-14(11)12-9-6-4-5-7-10(9)13-14/h4-7,11H,2-3,8H2,1H3. The van der Waals surface area contributed by atoms with E-state index in [-0.39, 0.29) is 0 Å². The maximum Gasteiger partial charge on any atom is 0.335 e. The van der Waals surface area contributed by atoms with Gasteiger partial charge in [0.2, 0.25) is 0 Å². The summed E-state index contributed by atoms with van der Waals surface area (Å²) >= 11 is 0. The van der Waals surface area contributed by atoms with Crippen LogP contribution in [0.25, 0.3) is 0 Å². The summed E-state index contributed by atoms with van der Waals surface area (Å²) in [5.74, 6) is 1.33. The summed E-state index contributed by atoms with van der Waals surface area (Å²) in [6.07, 6.45) is 2.57. The number of hydrogen-bond donors (Lipinski definition) is 1. The normalized spacial score (nSPS) is 17.0. The summed E-state index contributed by atoms with van der Waals surface area (Å²) in [7, 11) is -2.62. The van der Waals surface area contributed by atoms with Crippen molar-refractivity contribution >= 4 is 7.94 Å². The lowest BCUT2D eigenvalue weighted by Gasteiger charge is -2.20. The van der Waals surface area contributed by atoms with Crippen LogP contribution in [0.5, 0.6) is 11.5 Å². The van der Waals surface area contributed by atoms with Crippen LogP contribution in [0.3, 0.4) is 0 Å². The summed E-state index contributed by atoms with van der Waals surface area (Å²) in [6, 6.07) is 7.38. The molecule has 14 heavy (non-hydrogen) atoms. The first-order valence-electron chi connectivity index (χ1n) is 4.82. The molecule has 0 aliphatic carbocycles. The quantitative estimate of drug-likeness (QED) is 0.784. The van der Waals surface area contributed by atoms with Crippen molar-refractivity contribution in [2.75, 3.05) is 6.16 Å². The van der Waals surface area contributed by atoms with Gasteiger partial charge in [-0.05, 0) is 18.6 Å². The smallest absolute Gasteiger partial charge is 0.335 e. The van der Waals surface area contributed by atoms with Gasteiger partial charge in [0.05, 0.1) is 6.16 Å². The zero-order valence-electron chi connectivity index (χ0n) is 8.14. The van der Waals surface area contributed by atoms with Crippen molar-refractivity contribution in [2.45, 2.75) is 19.8 Å². The van der Waals surface area contributed by atoms with E-state index in [4.69, 9.17) is 9.05 Å². The molecule has 2 rings (SSSR count). The topological polar surface area (TPSA) is 38.7 Å². The third kappa shape index (κ3) is 1.84. The lowest BCUT2D eigenvalue weighted by Crippen LogP contribution is -2.05. The van der Waals surface area contributed by atoms with Gasteiger partial charge in [-0.1, -0.05) is 25.5 Å². The fraction of sp³-hybridized carbons (Fsp3) is 0.400. The van der Waals surface area contributed by atoms with E-state index in [1.807, 2.05) is 24.3 Å². The van der Waals surface area contributed by atoms with Crippen LogP contribution in [0.4, 0.5) is 0 Å². The average Bonchev–Trinajstić information content (AvgIpc) is 2.51. The van der Waals surface area contributed by atoms with E-state index >= 15 is 0 Å². The first-order valence-corrected chi connectivity index (χ1v) is 6.59. The van der Waals surface area contributed by atoms with Gasteiger partial charge >= 0.3 is 7.94 Å². The predicted molar refractivity (Wildman–Crippen MR) is 56.6 cm³/mol. The molecular formula is C10H14O3P. The molecule has 0 fully saturated rings. The second-order valence-electron chi connectivity index (χ2n) is 3.34. The van der Waals surface area contributed by atoms with Crippen molar-refractivity contribution in [3.8, 4) is 11.5 Å². The summed E-state index contributed by atoms with van der Waals surface area (Å²) in [6.45, 7) is 2.08. The van der Waals surface area contributed by atoms with Crippen LogP contribution in [-0.2, 0) is 0 Å². The van der Waals surface area contributed by atoms with Crippen LogP contribution in [0, 0.1) is 0 Å². The average molecular weight is 213 g/mol. The first-order chi connectivity index (χ1) is 6.73. The number of rotatable bonds is 3. The summed E-state index contributed by atoms with van der Waals surface area (Å²) in [4.78, 5) is 10.0. The molecule has 1 aliphatic heterocycles. The van der Waals surface area contributed by atoms with E-state index in [1.54, 1.807) is 0 Å². The molecular weight excluding hydrogens is 199 g/mol. The van der Waals surface area contributed by atoms with E-state index < -0.39 is 7.94 Å². The Hall–Kier alpha value is -0.790. The Morgan fingerprint density at radius 3 is 2.29 bits per heavy atom. The second-order valence-corrected chi connectivity index (χ2v) is 5.43. The molecule has 1 aromatic rings. The molecule has 1 aliphatic rings. The minimum Gasteiger partial charge on any atom is -0.422 e. The van der Waals surface area contributed by atoms with Gasteiger partial charge in [0.15, 0.2) is 11.5 Å². The summed E-state index contributed by atoms with van der Waals surface area (Å²) < 4.78 is 10.9. The molecule has 0 bridgehead atoms. The van der Waals surface area contributed by atoms with E-state index in [2.05, 4.69) is 6.92 Å². The van der Waals surface area contributed by atoms with Gasteiger partial charge in [-0.2, -0.15) is 0 Å². The highest BCUT2D eigenvalue weighted by atomic mass is 31.2. The van der Waals surface area contributed by atoms with Crippen LogP contribution in [0.15, 0.2) is 24.3 Å². The molecule has 3 nitrogen and oxygen atoms in total. The minimum atomic E-state index is -2.62. The molecule has 4 heteroatoms. The van der Waals surface area contributed by atoms with Gasteiger partial charge in [0.1, 0.15) is 0 Å². The van der Waals surface area contributed by atoms with Crippen molar-refractivity contribution in [2.24, 2.45) is 0 Å². The fourth-order valence-electron chi connectivity index (χ4n) is 1.38. The zero-order chi connectivity index (χ0) is 10.0. The molecule has 0 unspecified atom stereocenters. The number of benzene rings is 1. The lowest BCUT2D eigenvalue weighted by molar-refractivity contribution is 0.389. The van der Waals surface area contributed by atoms with Crippen LogP contribution in [0.2, 0.25) is 0 Å². The van der Waals surface area contributed by atoms with Crippen LogP contribution < -0.4 is 9.05 Å². The third-order valence-corrected chi connectivity index (χ3v) is 3.97. The number of para-hydroxylation sites is 2. The SMILES string of the molecule is CCCC[P]1(O)Oc2ccccc2O1. The number of fused-ring (bicyclic) bond motifs is 1. The fourth-order valence-corrected chi connectivity index (χ4v) is 3.23. The summed E-state index contributed by atoms with van der Waals surface area (Å²) in [5, 5.41) is 0. The second kappa shape index (κ2) is 3.76. The van der Waals surface area contributed by atoms with E-state index in [0.717, 1.165) is 12.8 Å². The number of unbranched alkanes of at least 4 members (excludes halogenated alkanes) is 1. The van der Waals surface area contributed by atoms with Crippen LogP contribution in [0.1, 0.15) is 19.8 Å². The first kappa shape index (κ1) is 9.75. The van der Waals surface area contributed by atoms with Crippen molar-refractivity contribution in [1.82, 2.24) is 0 Å². The van der Waals surface area contributed by atoms with Gasteiger partial charge in [-0.15, -0.1) is 0 Å². The van der Waals surface area contributed by atoms with Crippen molar-refractivity contribution < 1.29 is 13.9 Å². The molecule has 0 atom stereocenters. The highest BCUT2D eigenvalue weighted by Gasteiger charge is 2.37. The summed E-state index contributed by atoms with van der Waals surface area (Å²) in [5.41, 5.74) is 0. The Balaban J connectivity index is 2.09.